The molecule has 0 unspecified atom stereocenters. The summed E-state index contributed by atoms with van der Waals surface area (Å²) in [5, 5.41) is 8.41. The summed E-state index contributed by atoms with van der Waals surface area (Å²) in [7, 11) is 0. The van der Waals surface area contributed by atoms with Crippen LogP contribution in [-0.2, 0) is 4.79 Å². The first-order chi connectivity index (χ1) is 6.91. The van der Waals surface area contributed by atoms with Gasteiger partial charge in [-0.1, -0.05) is 11.8 Å². The normalized spacial score (nSPS) is 12.5. The van der Waals surface area contributed by atoms with Crippen molar-refractivity contribution < 1.29 is 9.90 Å². The Kier molecular flexibility index (Phi) is 3.52. The second kappa shape index (κ2) is 4.48. The molecule has 6 heteroatoms. The number of aliphatic carboxylic acids is 1. The van der Waals surface area contributed by atoms with Gasteiger partial charge in [0, 0.05) is 11.3 Å². The van der Waals surface area contributed by atoms with Crippen molar-refractivity contribution in [3.63, 3.8) is 0 Å². The van der Waals surface area contributed by atoms with Crippen molar-refractivity contribution in [3.05, 3.63) is 21.6 Å². The van der Waals surface area contributed by atoms with E-state index in [1.165, 1.54) is 0 Å². The van der Waals surface area contributed by atoms with Gasteiger partial charge in [-0.05, 0) is 20.8 Å². The number of carboxylic acid groups (broad SMARTS) is 1. The third-order valence-corrected chi connectivity index (χ3v) is 2.98. The Morgan fingerprint density at radius 3 is 2.60 bits per heavy atom. The molecule has 0 bridgehead atoms. The van der Waals surface area contributed by atoms with Crippen molar-refractivity contribution in [1.82, 2.24) is 9.97 Å². The van der Waals surface area contributed by atoms with Crippen LogP contribution in [0.4, 0.5) is 0 Å². The van der Waals surface area contributed by atoms with Crippen molar-refractivity contribution in [1.29, 1.82) is 0 Å². The summed E-state index contributed by atoms with van der Waals surface area (Å²) in [5.74, 6) is -0.930. The van der Waals surface area contributed by atoms with Crippen LogP contribution in [0.1, 0.15) is 18.2 Å². The predicted octanol–water partition coefficient (Wildman–Crippen LogP) is 0.952. The number of nitrogens with one attached hydrogen (secondary N) is 1. The van der Waals surface area contributed by atoms with E-state index in [-0.39, 0.29) is 5.56 Å². The quantitative estimate of drug-likeness (QED) is 0.594. The highest BCUT2D eigenvalue weighted by Crippen LogP contribution is 2.18. The topological polar surface area (TPSA) is 83.0 Å². The van der Waals surface area contributed by atoms with E-state index in [2.05, 4.69) is 9.97 Å². The minimum Gasteiger partial charge on any atom is -0.480 e. The fourth-order valence-corrected chi connectivity index (χ4v) is 1.67. The van der Waals surface area contributed by atoms with E-state index in [4.69, 9.17) is 5.11 Å². The number of H-pyrrole nitrogens is 1. The lowest BCUT2D eigenvalue weighted by atomic mass is 10.3. The van der Waals surface area contributed by atoms with E-state index in [1.807, 2.05) is 0 Å². The standard InChI is InChI=1S/C9H12N2O3S/c1-4-5(2)10-9(11-7(4)12)15-6(3)8(13)14/h6H,1-3H3,(H,13,14)(H,10,11,12)/t6-/m0/s1. The molecule has 0 amide bonds. The molecule has 0 radical (unpaired) electrons. The van der Waals surface area contributed by atoms with Gasteiger partial charge in [-0.2, -0.15) is 0 Å². The molecule has 0 fully saturated rings. The van der Waals surface area contributed by atoms with Crippen molar-refractivity contribution >= 4 is 17.7 Å². The van der Waals surface area contributed by atoms with Crippen LogP contribution in [-0.4, -0.2) is 26.3 Å². The number of carbonyl (C=O) groups is 1. The first-order valence-electron chi connectivity index (χ1n) is 4.38. The molecule has 15 heavy (non-hydrogen) atoms. The van der Waals surface area contributed by atoms with Gasteiger partial charge in [-0.3, -0.25) is 9.59 Å². The minimum absolute atomic E-state index is 0.220. The highest BCUT2D eigenvalue weighted by atomic mass is 32.2. The summed E-state index contributed by atoms with van der Waals surface area (Å²) >= 11 is 1.02. The number of thioether (sulfide) groups is 1. The minimum atomic E-state index is -0.930. The molecule has 5 nitrogen and oxygen atoms in total. The second-order valence-corrected chi connectivity index (χ2v) is 4.51. The average molecular weight is 228 g/mol. The highest BCUT2D eigenvalue weighted by Gasteiger charge is 2.14. The van der Waals surface area contributed by atoms with Crippen LogP contribution in [0.15, 0.2) is 9.95 Å². The molecular weight excluding hydrogens is 216 g/mol. The summed E-state index contributed by atoms with van der Waals surface area (Å²) in [6.45, 7) is 4.94. The third kappa shape index (κ3) is 2.82. The molecule has 0 saturated heterocycles. The van der Waals surface area contributed by atoms with Crippen LogP contribution in [0.25, 0.3) is 0 Å². The lowest BCUT2D eigenvalue weighted by Crippen LogP contribution is -2.17. The Hall–Kier alpha value is -1.30. The maximum atomic E-state index is 11.4. The first-order valence-corrected chi connectivity index (χ1v) is 5.26. The third-order valence-electron chi connectivity index (χ3n) is 2.01. The van der Waals surface area contributed by atoms with Gasteiger partial charge < -0.3 is 10.1 Å². The number of hydrogen-bond donors (Lipinski definition) is 2. The van der Waals surface area contributed by atoms with E-state index in [0.29, 0.717) is 16.4 Å². The molecule has 0 saturated carbocycles. The number of carboxylic acids is 1. The highest BCUT2D eigenvalue weighted by molar-refractivity contribution is 8.00. The molecule has 0 spiro atoms. The summed E-state index contributed by atoms with van der Waals surface area (Å²) in [6.07, 6.45) is 0. The van der Waals surface area contributed by atoms with Crippen molar-refractivity contribution in [2.45, 2.75) is 31.2 Å². The second-order valence-electron chi connectivity index (χ2n) is 3.18. The Morgan fingerprint density at radius 1 is 1.53 bits per heavy atom. The number of nitrogens with zero attached hydrogens (tertiary/aromatic N) is 1. The van der Waals surface area contributed by atoms with E-state index >= 15 is 0 Å². The maximum absolute atomic E-state index is 11.4. The van der Waals surface area contributed by atoms with Gasteiger partial charge >= 0.3 is 5.97 Å². The molecule has 1 heterocycles. The zero-order valence-corrected chi connectivity index (χ0v) is 9.51. The molecule has 1 rings (SSSR count). The summed E-state index contributed by atoms with van der Waals surface area (Å²) in [4.78, 5) is 28.6. The van der Waals surface area contributed by atoms with Crippen LogP contribution in [0, 0.1) is 13.8 Å². The fourth-order valence-electron chi connectivity index (χ4n) is 0.893. The van der Waals surface area contributed by atoms with Crippen LogP contribution in [0.3, 0.4) is 0 Å². The first kappa shape index (κ1) is 11.8. The molecule has 0 aliphatic heterocycles. The van der Waals surface area contributed by atoms with E-state index in [9.17, 15) is 9.59 Å². The summed E-state index contributed by atoms with van der Waals surface area (Å²) < 4.78 is 0. The molecule has 1 aromatic rings. The molecule has 1 atom stereocenters. The van der Waals surface area contributed by atoms with Crippen LogP contribution in [0.5, 0.6) is 0 Å². The number of hydrogen-bond acceptors (Lipinski definition) is 4. The lowest BCUT2D eigenvalue weighted by Gasteiger charge is -2.06. The SMILES string of the molecule is Cc1nc(S[C@@H](C)C(=O)O)[nH]c(=O)c1C. The Morgan fingerprint density at radius 2 is 2.13 bits per heavy atom. The zero-order chi connectivity index (χ0) is 11.6. The molecule has 2 N–H and O–H groups in total. The van der Waals surface area contributed by atoms with Crippen molar-refractivity contribution in [3.8, 4) is 0 Å². The van der Waals surface area contributed by atoms with E-state index in [0.717, 1.165) is 11.8 Å². The Bertz CT molecular complexity index is 441. The Labute approximate surface area is 90.9 Å². The number of rotatable bonds is 3. The van der Waals surface area contributed by atoms with Gasteiger partial charge in [0.1, 0.15) is 5.25 Å². The number of aromatic nitrogens is 2. The van der Waals surface area contributed by atoms with Crippen molar-refractivity contribution in [2.75, 3.05) is 0 Å². The molecule has 0 aromatic carbocycles. The summed E-state index contributed by atoms with van der Waals surface area (Å²) in [6, 6.07) is 0. The molecule has 0 aliphatic carbocycles. The van der Waals surface area contributed by atoms with Crippen LogP contribution >= 0.6 is 11.8 Å². The maximum Gasteiger partial charge on any atom is 0.316 e. The molecule has 82 valence electrons. The van der Waals surface area contributed by atoms with Gasteiger partial charge in [0.15, 0.2) is 5.16 Å². The fraction of sp³-hybridized carbons (Fsp3) is 0.444. The van der Waals surface area contributed by atoms with Gasteiger partial charge in [0.25, 0.3) is 5.56 Å². The van der Waals surface area contributed by atoms with Gasteiger partial charge in [0.2, 0.25) is 0 Å². The van der Waals surface area contributed by atoms with Crippen LogP contribution < -0.4 is 5.56 Å². The van der Waals surface area contributed by atoms with Crippen molar-refractivity contribution in [2.24, 2.45) is 0 Å². The van der Waals surface area contributed by atoms with Crippen LogP contribution in [0.2, 0.25) is 0 Å². The molecular formula is C9H12N2O3S. The number of aromatic amines is 1. The smallest absolute Gasteiger partial charge is 0.316 e. The average Bonchev–Trinajstić information content (AvgIpc) is 2.13. The van der Waals surface area contributed by atoms with E-state index < -0.39 is 11.2 Å². The zero-order valence-electron chi connectivity index (χ0n) is 8.70. The Balaban J connectivity index is 2.98. The molecule has 0 aliphatic rings. The monoisotopic (exact) mass is 228 g/mol. The lowest BCUT2D eigenvalue weighted by molar-refractivity contribution is -0.136. The van der Waals surface area contributed by atoms with Gasteiger partial charge in [-0.25, -0.2) is 4.98 Å². The summed E-state index contributed by atoms with van der Waals surface area (Å²) in [5.41, 5.74) is 0.962. The predicted molar refractivity (Wildman–Crippen MR) is 57.3 cm³/mol. The van der Waals surface area contributed by atoms with Gasteiger partial charge in [0.05, 0.1) is 0 Å². The molecule has 1 aromatic heterocycles. The van der Waals surface area contributed by atoms with Gasteiger partial charge in [-0.15, -0.1) is 0 Å². The largest absolute Gasteiger partial charge is 0.480 e. The van der Waals surface area contributed by atoms with E-state index in [1.54, 1.807) is 20.8 Å². The number of aryl methyl sites for hydroxylation is 1.